The number of hydrogen-bond acceptors (Lipinski definition) is 6. The minimum absolute atomic E-state index is 0.0457. The van der Waals surface area contributed by atoms with E-state index in [4.69, 9.17) is 12.5 Å². The maximum absolute atomic E-state index is 14.5. The molecular formula is C27H31FIN4O4-. The summed E-state index contributed by atoms with van der Waals surface area (Å²) in [4.78, 5) is 21.2. The number of methoxy groups -OCH3 is 1. The van der Waals surface area contributed by atoms with Crippen LogP contribution >= 0.6 is 0 Å². The Morgan fingerprint density at radius 3 is 2.81 bits per heavy atom. The Labute approximate surface area is 226 Å². The summed E-state index contributed by atoms with van der Waals surface area (Å²) in [5.74, 6) is 0.980. The first-order valence-electron chi connectivity index (χ1n) is 12.4. The van der Waals surface area contributed by atoms with E-state index in [0.29, 0.717) is 59.9 Å². The zero-order chi connectivity index (χ0) is 25.9. The molecule has 0 saturated heterocycles. The molecule has 2 aliphatic heterocycles. The van der Waals surface area contributed by atoms with Crippen LogP contribution in [0.15, 0.2) is 36.7 Å². The Balaban J connectivity index is 1.61. The number of rotatable bonds is 3. The molecule has 3 atom stereocenters. The second kappa shape index (κ2) is 11.3. The number of anilines is 2. The third-order valence-corrected chi connectivity index (χ3v) is 9.25. The number of para-hydroxylation sites is 1. The van der Waals surface area contributed by atoms with Gasteiger partial charge in [0.1, 0.15) is 0 Å². The summed E-state index contributed by atoms with van der Waals surface area (Å²) < 4.78 is 32.1. The van der Waals surface area contributed by atoms with Crippen molar-refractivity contribution in [1.82, 2.24) is 15.3 Å². The van der Waals surface area contributed by atoms with Gasteiger partial charge >= 0.3 is 227 Å². The number of carbonyl (C=O) groups is 1. The van der Waals surface area contributed by atoms with Crippen molar-refractivity contribution >= 4 is 17.3 Å². The molecule has 0 aliphatic carbocycles. The molecule has 3 unspecified atom stereocenters. The van der Waals surface area contributed by atoms with Crippen molar-refractivity contribution in [1.29, 1.82) is 0 Å². The number of carbonyl (C=O) groups excluding carboxylic acids is 1. The van der Waals surface area contributed by atoms with E-state index in [-0.39, 0.29) is 15.7 Å². The van der Waals surface area contributed by atoms with Crippen LogP contribution in [0.2, 0.25) is 0 Å². The summed E-state index contributed by atoms with van der Waals surface area (Å²) >= 11 is -0.692. The monoisotopic (exact) mass is 621 g/mol. The molecule has 0 radical (unpaired) electrons. The van der Waals surface area contributed by atoms with Gasteiger partial charge in [-0.25, -0.2) is 0 Å². The minimum atomic E-state index is -0.692. The molecule has 0 spiro atoms. The molecule has 2 aliphatic rings. The van der Waals surface area contributed by atoms with Crippen LogP contribution < -0.4 is 41.7 Å². The fourth-order valence-corrected chi connectivity index (χ4v) is 6.68. The molecule has 8 nitrogen and oxygen atoms in total. The molecule has 5 rings (SSSR count). The number of fused-ring (bicyclic) bond motifs is 4. The van der Waals surface area contributed by atoms with Crippen LogP contribution in [0.4, 0.5) is 15.8 Å². The molecule has 198 valence electrons. The van der Waals surface area contributed by atoms with Crippen molar-refractivity contribution in [3.63, 3.8) is 0 Å². The van der Waals surface area contributed by atoms with Crippen LogP contribution in [0, 0.1) is 17.7 Å². The molecule has 1 amide bonds. The van der Waals surface area contributed by atoms with Gasteiger partial charge in [-0.3, -0.25) is 0 Å². The first-order valence-corrected chi connectivity index (χ1v) is 14.6. The van der Waals surface area contributed by atoms with Gasteiger partial charge in [-0.1, -0.05) is 0 Å². The molecule has 0 saturated carbocycles. The number of halogens is 2. The van der Waals surface area contributed by atoms with Gasteiger partial charge in [0.2, 0.25) is 0 Å². The van der Waals surface area contributed by atoms with E-state index in [1.54, 1.807) is 24.5 Å². The number of nitrogens with one attached hydrogen (secondary N) is 3. The predicted octanol–water partition coefficient (Wildman–Crippen LogP) is 2.05. The van der Waals surface area contributed by atoms with Crippen molar-refractivity contribution in [2.75, 3.05) is 25.6 Å². The number of aromatic amines is 1. The van der Waals surface area contributed by atoms with Gasteiger partial charge in [0.25, 0.3) is 0 Å². The first-order chi connectivity index (χ1) is 18.0. The zero-order valence-electron chi connectivity index (χ0n) is 21.1. The van der Waals surface area contributed by atoms with E-state index in [9.17, 15) is 9.18 Å². The summed E-state index contributed by atoms with van der Waals surface area (Å²) in [5, 5.41) is 6.42. The molecule has 3 N–H and O–H groups in total. The molecule has 2 aromatic heterocycles. The molecular weight excluding hydrogens is 590 g/mol. The van der Waals surface area contributed by atoms with Crippen molar-refractivity contribution in [3.05, 3.63) is 53.7 Å². The number of alkyl halides is 1. The number of amides is 1. The number of ether oxygens (including phenoxy) is 2. The Kier molecular flexibility index (Phi) is 7.84. The SMILES string of the molecule is COc1c(F)cccc1Nc1c2[nH]c3c1C(=O)NC(C3)[I-]OCCC(C)C(C)CCOc1cnccc1-2. The third kappa shape index (κ3) is 5.40. The van der Waals surface area contributed by atoms with Crippen molar-refractivity contribution < 1.29 is 43.3 Å². The molecule has 37 heavy (non-hydrogen) atoms. The summed E-state index contributed by atoms with van der Waals surface area (Å²) in [6.07, 6.45) is 5.89. The molecule has 0 fully saturated rings. The number of benzene rings is 1. The maximum atomic E-state index is 14.5. The second-order valence-electron chi connectivity index (χ2n) is 9.47. The van der Waals surface area contributed by atoms with Crippen molar-refractivity contribution in [2.24, 2.45) is 11.8 Å². The third-order valence-electron chi connectivity index (χ3n) is 7.08. The number of pyridine rings is 1. The summed E-state index contributed by atoms with van der Waals surface area (Å²) in [6.45, 7) is 5.72. The standard InChI is InChI=1S/C27H31FIN4O4/c1-15-8-11-36-21-14-30-10-7-17(21)24-25(31-19-6-4-5-18(28)26(19)35-3)23-20(32-24)13-22(33-27(23)34)29-37-12-9-16(15)2/h4-7,10,14-16,22,31-32H,8-9,11-13H2,1-3H3,(H,33,34)/q-1. The Morgan fingerprint density at radius 1 is 1.19 bits per heavy atom. The van der Waals surface area contributed by atoms with Gasteiger partial charge in [0.05, 0.1) is 0 Å². The average molecular weight is 621 g/mol. The zero-order valence-corrected chi connectivity index (χ0v) is 23.2. The van der Waals surface area contributed by atoms with Crippen LogP contribution in [-0.4, -0.2) is 40.2 Å². The summed E-state index contributed by atoms with van der Waals surface area (Å²) in [6, 6.07) is 6.51. The Morgan fingerprint density at radius 2 is 2.00 bits per heavy atom. The van der Waals surface area contributed by atoms with Gasteiger partial charge in [-0.2, -0.15) is 0 Å². The summed E-state index contributed by atoms with van der Waals surface area (Å²) in [5.41, 5.74) is 3.71. The quantitative estimate of drug-likeness (QED) is 0.236. The predicted molar refractivity (Wildman–Crippen MR) is 134 cm³/mol. The van der Waals surface area contributed by atoms with Crippen molar-refractivity contribution in [2.45, 2.75) is 37.2 Å². The molecule has 3 bridgehead atoms. The number of hydrogen-bond donors (Lipinski definition) is 3. The fraction of sp³-hybridized carbons (Fsp3) is 0.407. The molecule has 3 aromatic rings. The van der Waals surface area contributed by atoms with Crippen LogP contribution in [0.25, 0.3) is 11.3 Å². The van der Waals surface area contributed by atoms with Gasteiger partial charge in [0, 0.05) is 0 Å². The summed E-state index contributed by atoms with van der Waals surface area (Å²) in [7, 11) is 1.42. The van der Waals surface area contributed by atoms with E-state index >= 15 is 0 Å². The topological polar surface area (TPSA) is 97.5 Å². The number of H-pyrrole nitrogens is 1. The van der Waals surface area contributed by atoms with Gasteiger partial charge in [-0.05, 0) is 0 Å². The van der Waals surface area contributed by atoms with Crippen LogP contribution in [-0.2, 0) is 9.49 Å². The van der Waals surface area contributed by atoms with Crippen LogP contribution in [0.3, 0.4) is 0 Å². The number of aromatic nitrogens is 2. The average Bonchev–Trinajstić information content (AvgIpc) is 3.24. The molecule has 1 aromatic carbocycles. The Bertz CT molecular complexity index is 1280. The van der Waals surface area contributed by atoms with Crippen LogP contribution in [0.5, 0.6) is 11.5 Å². The van der Waals surface area contributed by atoms with Gasteiger partial charge in [-0.15, -0.1) is 0 Å². The van der Waals surface area contributed by atoms with Gasteiger partial charge in [0.15, 0.2) is 0 Å². The second-order valence-corrected chi connectivity index (χ2v) is 12.1. The fourth-order valence-electron chi connectivity index (χ4n) is 4.71. The number of nitrogens with zero attached hydrogens (tertiary/aromatic N) is 1. The van der Waals surface area contributed by atoms with E-state index in [2.05, 4.69) is 34.4 Å². The normalized spacial score (nSPS) is 22.3. The first kappa shape index (κ1) is 25.8. The van der Waals surface area contributed by atoms with E-state index in [1.165, 1.54) is 13.2 Å². The van der Waals surface area contributed by atoms with E-state index in [0.717, 1.165) is 24.1 Å². The Hall–Kier alpha value is -2.86. The van der Waals surface area contributed by atoms with Crippen molar-refractivity contribution in [3.8, 4) is 22.8 Å². The van der Waals surface area contributed by atoms with Gasteiger partial charge < -0.3 is 0 Å². The van der Waals surface area contributed by atoms with E-state index < -0.39 is 27.4 Å². The van der Waals surface area contributed by atoms with Crippen LogP contribution in [0.1, 0.15) is 42.7 Å². The molecule has 10 heteroatoms. The van der Waals surface area contributed by atoms with E-state index in [1.807, 2.05) is 6.07 Å². The molecule has 4 heterocycles.